The average Bonchev–Trinajstić information content (AvgIpc) is 2.62. The number of aliphatic carboxylic acids is 3. The Bertz CT molecular complexity index is 560. The Balaban J connectivity index is 3.00. The summed E-state index contributed by atoms with van der Waals surface area (Å²) in [6, 6.07) is -1.04. The molecule has 1 saturated heterocycles. The van der Waals surface area contributed by atoms with Crippen molar-refractivity contribution in [2.45, 2.75) is 33.2 Å². The maximum Gasteiger partial charge on any atom is 0.321 e. The Morgan fingerprint density at radius 2 is 1.18 bits per heavy atom. The van der Waals surface area contributed by atoms with Crippen LogP contribution in [0.15, 0.2) is 0 Å². The number of Topliss-reactive ketones (excluding diaryl/α,β-unsaturated/α-hetero) is 1. The first-order valence-corrected chi connectivity index (χ1v) is 9.28. The predicted octanol–water partition coefficient (Wildman–Crippen LogP) is -0.466. The minimum Gasteiger partial charge on any atom is -0.480 e. The first-order valence-electron chi connectivity index (χ1n) is 9.28. The number of nitrogens with zero attached hydrogens (tertiary/aromatic N) is 3. The van der Waals surface area contributed by atoms with Crippen LogP contribution in [0, 0.1) is 5.41 Å². The van der Waals surface area contributed by atoms with E-state index in [1.165, 1.54) is 0 Å². The van der Waals surface area contributed by atoms with Crippen LogP contribution in [0.1, 0.15) is 27.2 Å². The summed E-state index contributed by atoms with van der Waals surface area (Å²) in [6.45, 7) is 6.70. The van der Waals surface area contributed by atoms with Crippen molar-refractivity contribution in [1.82, 2.24) is 14.7 Å². The highest BCUT2D eigenvalue weighted by molar-refractivity contribution is 5.89. The van der Waals surface area contributed by atoms with Crippen molar-refractivity contribution in [3.05, 3.63) is 0 Å². The molecular formula is C18H31N3O7. The maximum absolute atomic E-state index is 12.4. The van der Waals surface area contributed by atoms with Gasteiger partial charge < -0.3 is 15.3 Å². The van der Waals surface area contributed by atoms with Gasteiger partial charge in [-0.3, -0.25) is 33.9 Å². The Hall–Kier alpha value is -2.04. The molecule has 28 heavy (non-hydrogen) atoms. The lowest BCUT2D eigenvalue weighted by Gasteiger charge is -2.31. The highest BCUT2D eigenvalue weighted by Gasteiger charge is 2.33. The van der Waals surface area contributed by atoms with E-state index < -0.39 is 29.4 Å². The molecule has 1 atom stereocenters. The van der Waals surface area contributed by atoms with Crippen LogP contribution in [0.3, 0.4) is 0 Å². The molecule has 0 radical (unpaired) electrons. The van der Waals surface area contributed by atoms with Crippen LogP contribution < -0.4 is 0 Å². The number of carbonyl (C=O) groups excluding carboxylic acids is 1. The number of hydrogen-bond donors (Lipinski definition) is 3. The molecule has 3 N–H and O–H groups in total. The van der Waals surface area contributed by atoms with Gasteiger partial charge in [0.1, 0.15) is 11.8 Å². The molecule has 0 aromatic rings. The molecule has 1 aliphatic rings. The van der Waals surface area contributed by atoms with E-state index >= 15 is 0 Å². The second-order valence-electron chi connectivity index (χ2n) is 8.11. The highest BCUT2D eigenvalue weighted by Crippen LogP contribution is 2.20. The zero-order chi connectivity index (χ0) is 21.5. The summed E-state index contributed by atoms with van der Waals surface area (Å²) in [4.78, 5) is 51.4. The molecule has 1 heterocycles. The van der Waals surface area contributed by atoms with E-state index in [0.29, 0.717) is 26.2 Å². The number of carboxylic acid groups (broad SMARTS) is 3. The van der Waals surface area contributed by atoms with Gasteiger partial charge in [-0.1, -0.05) is 20.8 Å². The average molecular weight is 401 g/mol. The van der Waals surface area contributed by atoms with Gasteiger partial charge in [-0.15, -0.1) is 0 Å². The molecule has 160 valence electrons. The van der Waals surface area contributed by atoms with Gasteiger partial charge in [-0.25, -0.2) is 0 Å². The summed E-state index contributed by atoms with van der Waals surface area (Å²) in [5, 5.41) is 27.8. The van der Waals surface area contributed by atoms with Gasteiger partial charge in [0.15, 0.2) is 0 Å². The van der Waals surface area contributed by atoms with Crippen LogP contribution in [0.4, 0.5) is 0 Å². The van der Waals surface area contributed by atoms with Crippen LogP contribution in [-0.4, -0.2) is 112 Å². The smallest absolute Gasteiger partial charge is 0.321 e. The van der Waals surface area contributed by atoms with E-state index in [-0.39, 0.29) is 38.4 Å². The largest absolute Gasteiger partial charge is 0.480 e. The first-order chi connectivity index (χ1) is 12.9. The molecule has 0 aromatic heterocycles. The molecule has 1 rings (SSSR count). The lowest BCUT2D eigenvalue weighted by Crippen LogP contribution is -2.48. The van der Waals surface area contributed by atoms with Gasteiger partial charge in [0.25, 0.3) is 0 Å². The second kappa shape index (κ2) is 10.5. The molecule has 0 bridgehead atoms. The van der Waals surface area contributed by atoms with Crippen LogP contribution in [-0.2, 0) is 19.2 Å². The number of rotatable bonds is 8. The van der Waals surface area contributed by atoms with E-state index in [4.69, 9.17) is 10.2 Å². The summed E-state index contributed by atoms with van der Waals surface area (Å²) >= 11 is 0. The van der Waals surface area contributed by atoms with E-state index in [1.807, 2.05) is 0 Å². The SMILES string of the molecule is CC(C)(C)C(=O)CC(C(=O)O)N1CCN(CC(=O)O)CCN(CC(=O)O)CC1. The molecule has 0 amide bonds. The topological polar surface area (TPSA) is 139 Å². The lowest BCUT2D eigenvalue weighted by atomic mass is 9.86. The summed E-state index contributed by atoms with van der Waals surface area (Å²) < 4.78 is 0. The first kappa shape index (κ1) is 24.0. The van der Waals surface area contributed by atoms with Crippen molar-refractivity contribution in [3.63, 3.8) is 0 Å². The number of hydrogen-bond acceptors (Lipinski definition) is 7. The maximum atomic E-state index is 12.4. The van der Waals surface area contributed by atoms with Gasteiger partial charge in [0, 0.05) is 51.1 Å². The summed E-state index contributed by atoms with van der Waals surface area (Å²) in [5.74, 6) is -3.31. The molecule has 10 heteroatoms. The number of carboxylic acids is 3. The summed E-state index contributed by atoms with van der Waals surface area (Å²) in [7, 11) is 0. The normalized spacial score (nSPS) is 19.2. The zero-order valence-electron chi connectivity index (χ0n) is 16.8. The molecule has 1 unspecified atom stereocenters. The van der Waals surface area contributed by atoms with Crippen molar-refractivity contribution in [1.29, 1.82) is 0 Å². The van der Waals surface area contributed by atoms with Gasteiger partial charge in [0.2, 0.25) is 0 Å². The minimum absolute atomic E-state index is 0.156. The fourth-order valence-electron chi connectivity index (χ4n) is 3.02. The van der Waals surface area contributed by atoms with Crippen LogP contribution >= 0.6 is 0 Å². The van der Waals surface area contributed by atoms with Gasteiger partial charge in [0.05, 0.1) is 13.1 Å². The highest BCUT2D eigenvalue weighted by atomic mass is 16.4. The Morgan fingerprint density at radius 1 is 0.786 bits per heavy atom. The molecule has 1 aliphatic heterocycles. The monoisotopic (exact) mass is 401 g/mol. The Labute approximate surface area is 164 Å². The van der Waals surface area contributed by atoms with Gasteiger partial charge >= 0.3 is 17.9 Å². The zero-order valence-corrected chi connectivity index (χ0v) is 16.8. The van der Waals surface area contributed by atoms with Crippen molar-refractivity contribution < 1.29 is 34.5 Å². The number of ketones is 1. The Kier molecular flexibility index (Phi) is 8.99. The predicted molar refractivity (Wildman–Crippen MR) is 100 cm³/mol. The van der Waals surface area contributed by atoms with E-state index in [1.54, 1.807) is 35.5 Å². The quantitative estimate of drug-likeness (QED) is 0.489. The van der Waals surface area contributed by atoms with Crippen molar-refractivity contribution in [2.75, 3.05) is 52.4 Å². The fraction of sp³-hybridized carbons (Fsp3) is 0.778. The van der Waals surface area contributed by atoms with Crippen LogP contribution in [0.25, 0.3) is 0 Å². The van der Waals surface area contributed by atoms with Crippen molar-refractivity contribution in [3.8, 4) is 0 Å². The fourth-order valence-corrected chi connectivity index (χ4v) is 3.02. The standard InChI is InChI=1S/C18H31N3O7/c1-18(2,3)14(22)10-13(17(27)28)21-8-6-19(11-15(23)24)4-5-20(7-9-21)12-16(25)26/h13H,4-12H2,1-3H3,(H,23,24)(H,25,26)(H,27,28). The summed E-state index contributed by atoms with van der Waals surface area (Å²) in [5.41, 5.74) is -0.669. The molecule has 1 fully saturated rings. The van der Waals surface area contributed by atoms with E-state index in [9.17, 15) is 24.3 Å². The number of carbonyl (C=O) groups is 4. The van der Waals surface area contributed by atoms with Crippen LogP contribution in [0.5, 0.6) is 0 Å². The van der Waals surface area contributed by atoms with Crippen molar-refractivity contribution in [2.24, 2.45) is 5.41 Å². The third-order valence-corrected chi connectivity index (χ3v) is 4.80. The molecule has 0 aromatic carbocycles. The second-order valence-corrected chi connectivity index (χ2v) is 8.11. The van der Waals surface area contributed by atoms with E-state index in [2.05, 4.69) is 0 Å². The molecule has 10 nitrogen and oxygen atoms in total. The third kappa shape index (κ3) is 8.32. The lowest BCUT2D eigenvalue weighted by molar-refractivity contribution is -0.147. The summed E-state index contributed by atoms with van der Waals surface area (Å²) in [6.07, 6.45) is -0.156. The van der Waals surface area contributed by atoms with Gasteiger partial charge in [-0.05, 0) is 0 Å². The Morgan fingerprint density at radius 3 is 1.50 bits per heavy atom. The molecule has 0 spiro atoms. The van der Waals surface area contributed by atoms with E-state index in [0.717, 1.165) is 0 Å². The minimum atomic E-state index is -1.12. The van der Waals surface area contributed by atoms with Gasteiger partial charge in [-0.2, -0.15) is 0 Å². The molecule has 0 saturated carbocycles. The van der Waals surface area contributed by atoms with Crippen LogP contribution in [0.2, 0.25) is 0 Å². The molecular weight excluding hydrogens is 370 g/mol. The molecule has 0 aliphatic carbocycles. The van der Waals surface area contributed by atoms with Crippen molar-refractivity contribution >= 4 is 23.7 Å². The third-order valence-electron chi connectivity index (χ3n) is 4.80.